The second kappa shape index (κ2) is 6.16. The molecule has 24 heavy (non-hydrogen) atoms. The van der Waals surface area contributed by atoms with Crippen molar-refractivity contribution in [3.63, 3.8) is 0 Å². The number of likely N-dealkylation sites (N-methyl/N-ethyl adjacent to an activating group) is 1. The van der Waals surface area contributed by atoms with Crippen LogP contribution in [-0.2, 0) is 0 Å². The van der Waals surface area contributed by atoms with Gasteiger partial charge >= 0.3 is 0 Å². The third kappa shape index (κ3) is 2.99. The van der Waals surface area contributed by atoms with E-state index in [4.69, 9.17) is 0 Å². The Kier molecular flexibility index (Phi) is 4.04. The first-order valence-corrected chi connectivity index (χ1v) is 7.53. The van der Waals surface area contributed by atoms with Crippen molar-refractivity contribution in [2.24, 2.45) is 0 Å². The molecule has 1 amide bonds. The molecule has 1 aliphatic rings. The number of aryl methyl sites for hydroxylation is 1. The fourth-order valence-corrected chi connectivity index (χ4v) is 2.63. The number of non-ortho nitro benzene ring substituents is 1. The van der Waals surface area contributed by atoms with Crippen molar-refractivity contribution < 1.29 is 9.72 Å². The fourth-order valence-electron chi connectivity index (χ4n) is 2.63. The molecule has 0 bridgehead atoms. The summed E-state index contributed by atoms with van der Waals surface area (Å²) in [5, 5.41) is 13.9. The van der Waals surface area contributed by atoms with Crippen molar-refractivity contribution in [3.8, 4) is 0 Å². The zero-order valence-electron chi connectivity index (χ0n) is 13.4. The fraction of sp³-hybridized carbons (Fsp3) is 0.167. The summed E-state index contributed by atoms with van der Waals surface area (Å²) in [5.41, 5.74) is 3.28. The van der Waals surface area contributed by atoms with Crippen molar-refractivity contribution in [1.82, 2.24) is 5.32 Å². The minimum absolute atomic E-state index is 0.0273. The van der Waals surface area contributed by atoms with Crippen LogP contribution in [0.15, 0.2) is 48.5 Å². The third-order valence-electron chi connectivity index (χ3n) is 4.07. The highest BCUT2D eigenvalue weighted by molar-refractivity contribution is 5.95. The van der Waals surface area contributed by atoms with Crippen LogP contribution in [0.3, 0.4) is 0 Å². The Bertz CT molecular complexity index is 828. The molecule has 0 aromatic heterocycles. The van der Waals surface area contributed by atoms with Gasteiger partial charge in [-0.3, -0.25) is 14.9 Å². The number of nitro groups is 1. The van der Waals surface area contributed by atoms with E-state index in [-0.39, 0.29) is 17.8 Å². The lowest BCUT2D eigenvalue weighted by Crippen LogP contribution is -2.46. The van der Waals surface area contributed by atoms with Gasteiger partial charge in [-0.05, 0) is 36.8 Å². The Balaban J connectivity index is 1.81. The number of hydrogen-bond donors (Lipinski definition) is 1. The monoisotopic (exact) mass is 323 g/mol. The van der Waals surface area contributed by atoms with Gasteiger partial charge in [-0.15, -0.1) is 0 Å². The van der Waals surface area contributed by atoms with Crippen molar-refractivity contribution in [2.75, 3.05) is 11.9 Å². The van der Waals surface area contributed by atoms with Crippen molar-refractivity contribution >= 4 is 23.4 Å². The van der Waals surface area contributed by atoms with Crippen LogP contribution < -0.4 is 10.2 Å². The number of nitro benzene ring substituents is 1. The Hall–Kier alpha value is -3.15. The standard InChI is InChI=1S/C18H17N3O3/c1-12-3-5-14(6-4-12)18(22)19-17-10-8-13-7-9-15(21(23)24)11-16(13)20(17)2/h3-11,17H,1-2H3,(H,19,22). The summed E-state index contributed by atoms with van der Waals surface area (Å²) >= 11 is 0. The summed E-state index contributed by atoms with van der Waals surface area (Å²) in [7, 11) is 1.80. The van der Waals surface area contributed by atoms with E-state index in [0.29, 0.717) is 11.3 Å². The highest BCUT2D eigenvalue weighted by atomic mass is 16.6. The van der Waals surface area contributed by atoms with Crippen LogP contribution in [-0.4, -0.2) is 24.0 Å². The molecule has 1 unspecified atom stereocenters. The van der Waals surface area contributed by atoms with Crippen LogP contribution in [0.4, 0.5) is 11.4 Å². The van der Waals surface area contributed by atoms with Crippen molar-refractivity contribution in [3.05, 3.63) is 75.3 Å². The van der Waals surface area contributed by atoms with E-state index in [1.165, 1.54) is 12.1 Å². The topological polar surface area (TPSA) is 75.5 Å². The predicted octanol–water partition coefficient (Wildman–Crippen LogP) is 3.12. The average molecular weight is 323 g/mol. The largest absolute Gasteiger partial charge is 0.350 e. The SMILES string of the molecule is Cc1ccc(C(=O)NC2C=Cc3ccc([N+](=O)[O-])cc3N2C)cc1. The van der Waals surface area contributed by atoms with Crippen LogP contribution in [0.1, 0.15) is 21.5 Å². The molecule has 0 saturated carbocycles. The zero-order chi connectivity index (χ0) is 17.3. The number of benzene rings is 2. The molecule has 122 valence electrons. The van der Waals surface area contributed by atoms with Gasteiger partial charge in [0.2, 0.25) is 0 Å². The van der Waals surface area contributed by atoms with Crippen molar-refractivity contribution in [1.29, 1.82) is 0 Å². The molecule has 0 aliphatic carbocycles. The summed E-state index contributed by atoms with van der Waals surface area (Å²) in [6.45, 7) is 1.96. The van der Waals surface area contributed by atoms with Gasteiger partial charge in [-0.25, -0.2) is 0 Å². The molecule has 1 atom stereocenters. The number of hydrogen-bond acceptors (Lipinski definition) is 4. The maximum Gasteiger partial charge on any atom is 0.271 e. The molecule has 0 spiro atoms. The molecular formula is C18H17N3O3. The van der Waals surface area contributed by atoms with Gasteiger partial charge in [-0.1, -0.05) is 23.8 Å². The smallest absolute Gasteiger partial charge is 0.271 e. The van der Waals surface area contributed by atoms with E-state index in [1.54, 1.807) is 25.2 Å². The van der Waals surface area contributed by atoms with Gasteiger partial charge in [0.15, 0.2) is 0 Å². The second-order valence-electron chi connectivity index (χ2n) is 5.75. The normalized spacial score (nSPS) is 15.8. The van der Waals surface area contributed by atoms with E-state index in [1.807, 2.05) is 36.1 Å². The highest BCUT2D eigenvalue weighted by Gasteiger charge is 2.23. The minimum atomic E-state index is -0.424. The average Bonchev–Trinajstić information content (AvgIpc) is 2.57. The Morgan fingerprint density at radius 1 is 1.21 bits per heavy atom. The van der Waals surface area contributed by atoms with Gasteiger partial charge in [-0.2, -0.15) is 0 Å². The van der Waals surface area contributed by atoms with Gasteiger partial charge < -0.3 is 10.2 Å². The number of carbonyl (C=O) groups is 1. The summed E-state index contributed by atoms with van der Waals surface area (Å²) in [6.07, 6.45) is 3.35. The molecule has 3 rings (SSSR count). The highest BCUT2D eigenvalue weighted by Crippen LogP contribution is 2.30. The molecule has 1 aliphatic heterocycles. The Morgan fingerprint density at radius 3 is 2.58 bits per heavy atom. The van der Waals surface area contributed by atoms with Crippen molar-refractivity contribution in [2.45, 2.75) is 13.1 Å². The van der Waals surface area contributed by atoms with E-state index in [9.17, 15) is 14.9 Å². The van der Waals surface area contributed by atoms with Gasteiger partial charge in [0, 0.05) is 24.7 Å². The third-order valence-corrected chi connectivity index (χ3v) is 4.07. The summed E-state index contributed by atoms with van der Waals surface area (Å²) in [6, 6.07) is 12.0. The number of rotatable bonds is 3. The molecule has 0 radical (unpaired) electrons. The summed E-state index contributed by atoms with van der Waals surface area (Å²) in [4.78, 5) is 24.7. The first-order chi connectivity index (χ1) is 11.5. The molecule has 2 aromatic carbocycles. The van der Waals surface area contributed by atoms with E-state index >= 15 is 0 Å². The number of fused-ring (bicyclic) bond motifs is 1. The second-order valence-corrected chi connectivity index (χ2v) is 5.75. The molecule has 1 N–H and O–H groups in total. The summed E-state index contributed by atoms with van der Waals surface area (Å²) < 4.78 is 0. The van der Waals surface area contributed by atoms with E-state index in [2.05, 4.69) is 5.32 Å². The number of carbonyl (C=O) groups excluding carboxylic acids is 1. The number of anilines is 1. The first-order valence-electron chi connectivity index (χ1n) is 7.53. The van der Waals surface area contributed by atoms with Gasteiger partial charge in [0.1, 0.15) is 6.17 Å². The molecule has 0 saturated heterocycles. The van der Waals surface area contributed by atoms with Crippen LogP contribution >= 0.6 is 0 Å². The summed E-state index contributed by atoms with van der Waals surface area (Å²) in [5.74, 6) is -0.189. The lowest BCUT2D eigenvalue weighted by molar-refractivity contribution is -0.384. The van der Waals surface area contributed by atoms with Crippen LogP contribution in [0.25, 0.3) is 6.08 Å². The predicted molar refractivity (Wildman–Crippen MR) is 93.0 cm³/mol. The number of nitrogens with zero attached hydrogens (tertiary/aromatic N) is 2. The lowest BCUT2D eigenvalue weighted by Gasteiger charge is -2.32. The Morgan fingerprint density at radius 2 is 1.92 bits per heavy atom. The molecule has 0 fully saturated rings. The first kappa shape index (κ1) is 15.7. The number of amides is 1. The molecule has 1 heterocycles. The molecule has 6 heteroatoms. The van der Waals surface area contributed by atoms with Crippen LogP contribution in [0.5, 0.6) is 0 Å². The zero-order valence-corrected chi connectivity index (χ0v) is 13.4. The van der Waals surface area contributed by atoms with Gasteiger partial charge in [0.05, 0.1) is 10.6 Å². The molecular weight excluding hydrogens is 306 g/mol. The van der Waals surface area contributed by atoms with Crippen LogP contribution in [0, 0.1) is 17.0 Å². The van der Waals surface area contributed by atoms with E-state index in [0.717, 1.165) is 11.1 Å². The molecule has 2 aromatic rings. The van der Waals surface area contributed by atoms with Gasteiger partial charge in [0.25, 0.3) is 11.6 Å². The lowest BCUT2D eigenvalue weighted by atomic mass is 10.1. The molecule has 6 nitrogen and oxygen atoms in total. The Labute approximate surface area is 139 Å². The van der Waals surface area contributed by atoms with E-state index < -0.39 is 4.92 Å². The maximum atomic E-state index is 12.4. The minimum Gasteiger partial charge on any atom is -0.350 e. The maximum absolute atomic E-state index is 12.4. The van der Waals surface area contributed by atoms with Crippen LogP contribution in [0.2, 0.25) is 0 Å². The quantitative estimate of drug-likeness (QED) is 0.695. The number of nitrogens with one attached hydrogen (secondary N) is 1.